The normalized spacial score (nSPS) is 16.2. The summed E-state index contributed by atoms with van der Waals surface area (Å²) in [6.07, 6.45) is 6.69. The van der Waals surface area contributed by atoms with Crippen molar-refractivity contribution in [1.29, 1.82) is 0 Å². The van der Waals surface area contributed by atoms with Gasteiger partial charge < -0.3 is 16.0 Å². The van der Waals surface area contributed by atoms with Gasteiger partial charge in [0.2, 0.25) is 0 Å². The quantitative estimate of drug-likeness (QED) is 0.504. The molecular weight excluding hydrogens is 196 g/mol. The average molecular weight is 210 g/mol. The molecule has 0 fully saturated rings. The molecule has 6 heteroatoms. The molecule has 0 spiro atoms. The zero-order valence-corrected chi connectivity index (χ0v) is 8.51. The van der Waals surface area contributed by atoms with Gasteiger partial charge in [0.1, 0.15) is 0 Å². The molecule has 6 nitrogen and oxygen atoms in total. The van der Waals surface area contributed by atoms with Crippen LogP contribution < -0.4 is 11.1 Å². The van der Waals surface area contributed by atoms with E-state index in [4.69, 9.17) is 5.73 Å². The van der Waals surface area contributed by atoms with Gasteiger partial charge in [0.05, 0.1) is 4.92 Å². The van der Waals surface area contributed by atoms with E-state index in [1.165, 1.54) is 0 Å². The van der Waals surface area contributed by atoms with Gasteiger partial charge in [-0.3, -0.25) is 10.1 Å². The van der Waals surface area contributed by atoms with Crippen LogP contribution in [0.15, 0.2) is 35.9 Å². The number of nitrogens with one attached hydrogen (secondary N) is 1. The number of nitrogens with two attached hydrogens (primary N) is 1. The maximum atomic E-state index is 10.1. The highest BCUT2D eigenvalue weighted by Crippen LogP contribution is 2.04. The fourth-order valence-electron chi connectivity index (χ4n) is 1.22. The lowest BCUT2D eigenvalue weighted by Gasteiger charge is -2.18. The van der Waals surface area contributed by atoms with E-state index in [0.29, 0.717) is 6.54 Å². The summed E-state index contributed by atoms with van der Waals surface area (Å²) in [7, 11) is 1.96. The highest BCUT2D eigenvalue weighted by atomic mass is 16.6. The van der Waals surface area contributed by atoms with Gasteiger partial charge in [0, 0.05) is 26.3 Å². The number of rotatable bonds is 4. The van der Waals surface area contributed by atoms with E-state index in [-0.39, 0.29) is 5.82 Å². The van der Waals surface area contributed by atoms with Crippen LogP contribution in [0.25, 0.3) is 0 Å². The number of hydrogen-bond acceptors (Lipinski definition) is 5. The molecule has 1 rings (SSSR count). The number of hydrogen-bond donors (Lipinski definition) is 2. The van der Waals surface area contributed by atoms with E-state index in [1.807, 2.05) is 30.3 Å². The number of likely N-dealkylation sites (N-methyl/N-ethyl adjacent to an activating group) is 1. The molecule has 15 heavy (non-hydrogen) atoms. The Kier molecular flexibility index (Phi) is 3.73. The second-order valence-corrected chi connectivity index (χ2v) is 3.27. The summed E-state index contributed by atoms with van der Waals surface area (Å²) in [5, 5.41) is 12.8. The Hall–Kier alpha value is -1.98. The fraction of sp³-hybridized carbons (Fsp3) is 0.333. The Morgan fingerprint density at radius 1 is 1.87 bits per heavy atom. The summed E-state index contributed by atoms with van der Waals surface area (Å²) in [6.45, 7) is 1.36. The van der Waals surface area contributed by atoms with Gasteiger partial charge in [-0.15, -0.1) is 0 Å². The van der Waals surface area contributed by atoms with E-state index in [2.05, 4.69) is 5.32 Å². The van der Waals surface area contributed by atoms with Crippen LogP contribution in [0, 0.1) is 10.1 Å². The lowest BCUT2D eigenvalue weighted by molar-refractivity contribution is -0.403. The van der Waals surface area contributed by atoms with Crippen LogP contribution in [0.1, 0.15) is 0 Å². The largest absolute Gasteiger partial charge is 0.380 e. The third-order valence-electron chi connectivity index (χ3n) is 1.85. The molecular formula is C9H14N4O2. The second kappa shape index (κ2) is 5.04. The van der Waals surface area contributed by atoms with Crippen molar-refractivity contribution in [2.45, 2.75) is 0 Å². The van der Waals surface area contributed by atoms with Crippen molar-refractivity contribution in [2.24, 2.45) is 5.73 Å². The Labute approximate surface area is 87.9 Å². The van der Waals surface area contributed by atoms with Crippen LogP contribution in [-0.2, 0) is 0 Å². The molecule has 1 aliphatic rings. The van der Waals surface area contributed by atoms with Crippen molar-refractivity contribution in [2.75, 3.05) is 20.1 Å². The molecule has 0 saturated heterocycles. The van der Waals surface area contributed by atoms with Gasteiger partial charge in [-0.25, -0.2) is 0 Å². The molecule has 0 aromatic heterocycles. The van der Waals surface area contributed by atoms with Crippen LogP contribution in [0.4, 0.5) is 0 Å². The lowest BCUT2D eigenvalue weighted by Crippen LogP contribution is -2.25. The third kappa shape index (κ3) is 4.17. The summed E-state index contributed by atoms with van der Waals surface area (Å²) in [4.78, 5) is 11.5. The van der Waals surface area contributed by atoms with E-state index >= 15 is 0 Å². The molecule has 0 unspecified atom stereocenters. The molecule has 1 aliphatic heterocycles. The van der Waals surface area contributed by atoms with Crippen molar-refractivity contribution < 1.29 is 4.92 Å². The molecule has 0 aliphatic carbocycles. The van der Waals surface area contributed by atoms with Crippen molar-refractivity contribution >= 4 is 0 Å². The molecule has 0 atom stereocenters. The summed E-state index contributed by atoms with van der Waals surface area (Å²) in [5.41, 5.74) is 6.40. The van der Waals surface area contributed by atoms with Gasteiger partial charge in [-0.05, 0) is 5.57 Å². The first-order valence-corrected chi connectivity index (χ1v) is 4.50. The van der Waals surface area contributed by atoms with E-state index < -0.39 is 4.92 Å². The van der Waals surface area contributed by atoms with E-state index in [9.17, 15) is 10.1 Å². The van der Waals surface area contributed by atoms with Crippen LogP contribution >= 0.6 is 0 Å². The predicted octanol–water partition coefficient (Wildman–Crippen LogP) is -0.00420. The van der Waals surface area contributed by atoms with Crippen LogP contribution in [0.3, 0.4) is 0 Å². The smallest absolute Gasteiger partial charge is 0.273 e. The van der Waals surface area contributed by atoms with Crippen LogP contribution in [0.5, 0.6) is 0 Å². The van der Waals surface area contributed by atoms with Gasteiger partial charge in [-0.1, -0.05) is 12.2 Å². The summed E-state index contributed by atoms with van der Waals surface area (Å²) in [5.74, 6) is 0.0579. The maximum absolute atomic E-state index is 10.1. The highest BCUT2D eigenvalue weighted by molar-refractivity contribution is 5.24. The van der Waals surface area contributed by atoms with Gasteiger partial charge in [0.25, 0.3) is 6.20 Å². The lowest BCUT2D eigenvalue weighted by atomic mass is 10.2. The summed E-state index contributed by atoms with van der Waals surface area (Å²) in [6, 6.07) is 0. The minimum atomic E-state index is -0.584. The minimum absolute atomic E-state index is 0.0579. The second-order valence-electron chi connectivity index (χ2n) is 3.27. The Morgan fingerprint density at radius 2 is 2.60 bits per heavy atom. The Morgan fingerprint density at radius 3 is 3.20 bits per heavy atom. The molecule has 0 amide bonds. The monoisotopic (exact) mass is 210 g/mol. The third-order valence-corrected chi connectivity index (χ3v) is 1.85. The zero-order chi connectivity index (χ0) is 11.3. The van der Waals surface area contributed by atoms with E-state index in [0.717, 1.165) is 18.3 Å². The summed E-state index contributed by atoms with van der Waals surface area (Å²) < 4.78 is 0. The molecule has 0 bridgehead atoms. The highest BCUT2D eigenvalue weighted by Gasteiger charge is 2.02. The number of nitrogens with zero attached hydrogens (tertiary/aromatic N) is 2. The molecule has 0 radical (unpaired) electrons. The van der Waals surface area contributed by atoms with Gasteiger partial charge >= 0.3 is 0 Å². The molecule has 3 N–H and O–H groups in total. The maximum Gasteiger partial charge on any atom is 0.273 e. The molecule has 0 aromatic carbocycles. The van der Waals surface area contributed by atoms with Gasteiger partial charge in [-0.2, -0.15) is 0 Å². The van der Waals surface area contributed by atoms with Crippen LogP contribution in [0.2, 0.25) is 0 Å². The first-order chi connectivity index (χ1) is 7.08. The molecule has 82 valence electrons. The van der Waals surface area contributed by atoms with Crippen molar-refractivity contribution in [1.82, 2.24) is 10.2 Å². The number of nitro groups is 1. The Balaban J connectivity index is 2.43. The minimum Gasteiger partial charge on any atom is -0.380 e. The Bertz CT molecular complexity index is 333. The van der Waals surface area contributed by atoms with Crippen molar-refractivity contribution in [3.05, 3.63) is 46.1 Å². The van der Waals surface area contributed by atoms with Crippen molar-refractivity contribution in [3.63, 3.8) is 0 Å². The molecule has 0 saturated carbocycles. The standard InChI is InChI=1S/C9H14N4O2/c1-12-4-2-3-8(6-12)5-11-9(10)7-13(14)15/h2-3,6-7,11H,4-5,10H2,1H3. The predicted molar refractivity (Wildman–Crippen MR) is 57.1 cm³/mol. The first-order valence-electron chi connectivity index (χ1n) is 4.50. The SMILES string of the molecule is CN1C=C(CNC(N)=C[N+](=O)[O-])C=CC1. The molecule has 0 aromatic rings. The average Bonchev–Trinajstić information content (AvgIpc) is 2.14. The van der Waals surface area contributed by atoms with Crippen LogP contribution in [-0.4, -0.2) is 30.0 Å². The molecule has 1 heterocycles. The first kappa shape index (κ1) is 11.1. The summed E-state index contributed by atoms with van der Waals surface area (Å²) >= 11 is 0. The van der Waals surface area contributed by atoms with E-state index in [1.54, 1.807) is 0 Å². The topological polar surface area (TPSA) is 84.4 Å². The fourth-order valence-corrected chi connectivity index (χ4v) is 1.22. The van der Waals surface area contributed by atoms with Gasteiger partial charge in [0.15, 0.2) is 5.82 Å². The van der Waals surface area contributed by atoms with Crippen molar-refractivity contribution in [3.8, 4) is 0 Å². The zero-order valence-electron chi connectivity index (χ0n) is 8.51.